The molecule has 0 aliphatic heterocycles. The van der Waals surface area contributed by atoms with Crippen molar-refractivity contribution < 1.29 is 17.6 Å². The summed E-state index contributed by atoms with van der Waals surface area (Å²) in [7, 11) is -2.71. The molecule has 0 spiro atoms. The van der Waals surface area contributed by atoms with Crippen LogP contribution in [0.3, 0.4) is 0 Å². The third-order valence-electron chi connectivity index (χ3n) is 4.06. The van der Waals surface area contributed by atoms with Crippen molar-refractivity contribution in [3.8, 4) is 0 Å². The van der Waals surface area contributed by atoms with Crippen LogP contribution < -0.4 is 5.19 Å². The summed E-state index contributed by atoms with van der Waals surface area (Å²) in [6.45, 7) is 3.59. The number of alkyl halides is 3. The second-order valence-corrected chi connectivity index (χ2v) is 9.94. The summed E-state index contributed by atoms with van der Waals surface area (Å²) in [5.41, 5.74) is -1.48. The molecule has 3 rings (SSSR count). The van der Waals surface area contributed by atoms with Gasteiger partial charge in [-0.2, -0.15) is 13.2 Å². The van der Waals surface area contributed by atoms with E-state index in [1.165, 1.54) is 6.08 Å². The van der Waals surface area contributed by atoms with E-state index in [0.717, 1.165) is 5.19 Å². The molecule has 1 atom stereocenters. The minimum absolute atomic E-state index is 0.210. The smallest absolute Gasteiger partial charge is 0.393 e. The molecule has 0 N–H and O–H groups in total. The quantitative estimate of drug-likeness (QED) is 0.747. The van der Waals surface area contributed by atoms with Crippen LogP contribution in [0.4, 0.5) is 13.2 Å². The summed E-state index contributed by atoms with van der Waals surface area (Å²) in [4.78, 5) is 0. The highest BCUT2D eigenvalue weighted by Crippen LogP contribution is 2.56. The fraction of sp³-hybridized carbons (Fsp3) is 0.222. The van der Waals surface area contributed by atoms with E-state index in [0.29, 0.717) is 5.56 Å². The molecular weight excluding hydrogens is 317 g/mol. The maximum absolute atomic E-state index is 13.7. The van der Waals surface area contributed by atoms with Crippen LogP contribution in [-0.2, 0) is 4.43 Å². The standard InChI is InChI=1S/C18H17F3OSi/c1-23(2,15-11-7-4-8-12-15)22-17(18(19,20)21)13-16(17)14-9-5-3-6-10-14/h3-13H,1-2H3. The molecule has 0 heterocycles. The third kappa shape index (κ3) is 2.86. The van der Waals surface area contributed by atoms with Gasteiger partial charge in [0.15, 0.2) is 5.60 Å². The Morgan fingerprint density at radius 3 is 1.91 bits per heavy atom. The van der Waals surface area contributed by atoms with E-state index in [-0.39, 0.29) is 5.57 Å². The van der Waals surface area contributed by atoms with Gasteiger partial charge in [-0.1, -0.05) is 60.7 Å². The van der Waals surface area contributed by atoms with Gasteiger partial charge < -0.3 is 4.43 Å². The third-order valence-corrected chi connectivity index (χ3v) is 6.61. The van der Waals surface area contributed by atoms with E-state index < -0.39 is 20.1 Å². The molecule has 23 heavy (non-hydrogen) atoms. The first kappa shape index (κ1) is 16.0. The van der Waals surface area contributed by atoms with Gasteiger partial charge in [0.1, 0.15) is 0 Å². The molecule has 1 nitrogen and oxygen atoms in total. The predicted octanol–water partition coefficient (Wildman–Crippen LogP) is 4.51. The highest BCUT2D eigenvalue weighted by molar-refractivity contribution is 6.84. The van der Waals surface area contributed by atoms with Crippen LogP contribution in [0.2, 0.25) is 13.1 Å². The summed E-state index contributed by atoms with van der Waals surface area (Å²) < 4.78 is 46.9. The fourth-order valence-corrected chi connectivity index (χ4v) is 4.96. The van der Waals surface area contributed by atoms with E-state index in [9.17, 15) is 13.2 Å². The molecule has 0 aromatic heterocycles. The zero-order valence-corrected chi connectivity index (χ0v) is 13.9. The van der Waals surface area contributed by atoms with Crippen LogP contribution in [0.1, 0.15) is 5.56 Å². The zero-order chi connectivity index (χ0) is 16.7. The Morgan fingerprint density at radius 2 is 1.39 bits per heavy atom. The summed E-state index contributed by atoms with van der Waals surface area (Å²) in [5.74, 6) is 0. The molecule has 0 fully saturated rings. The van der Waals surface area contributed by atoms with Gasteiger partial charge in [0.2, 0.25) is 8.32 Å². The van der Waals surface area contributed by atoms with Crippen molar-refractivity contribution in [3.63, 3.8) is 0 Å². The molecule has 2 aromatic carbocycles. The number of rotatable bonds is 4. The zero-order valence-electron chi connectivity index (χ0n) is 12.9. The molecule has 0 bridgehead atoms. The fourth-order valence-electron chi connectivity index (χ4n) is 2.76. The molecule has 0 radical (unpaired) electrons. The number of halogens is 3. The van der Waals surface area contributed by atoms with Crippen LogP contribution >= 0.6 is 0 Å². The molecule has 120 valence electrons. The van der Waals surface area contributed by atoms with E-state index >= 15 is 0 Å². The van der Waals surface area contributed by atoms with Crippen LogP contribution in [0.15, 0.2) is 66.7 Å². The van der Waals surface area contributed by atoms with Gasteiger partial charge in [0, 0.05) is 5.57 Å². The molecule has 0 saturated heterocycles. The van der Waals surface area contributed by atoms with Gasteiger partial charge in [-0.25, -0.2) is 0 Å². The SMILES string of the molecule is C[Si](C)(OC1(C(F)(F)F)C=C1c1ccccc1)c1ccccc1. The normalized spacial score (nSPS) is 21.0. The van der Waals surface area contributed by atoms with Gasteiger partial charge in [-0.3, -0.25) is 0 Å². The average molecular weight is 334 g/mol. The van der Waals surface area contributed by atoms with E-state index in [1.54, 1.807) is 43.4 Å². The molecular formula is C18H17F3OSi. The highest BCUT2D eigenvalue weighted by atomic mass is 28.4. The monoisotopic (exact) mass is 334 g/mol. The summed E-state index contributed by atoms with van der Waals surface area (Å²) >= 11 is 0. The lowest BCUT2D eigenvalue weighted by Gasteiger charge is -2.32. The van der Waals surface area contributed by atoms with Gasteiger partial charge >= 0.3 is 6.18 Å². The van der Waals surface area contributed by atoms with Crippen molar-refractivity contribution in [1.82, 2.24) is 0 Å². The first-order valence-corrected chi connectivity index (χ1v) is 10.3. The molecule has 1 aliphatic rings. The van der Waals surface area contributed by atoms with E-state index in [1.807, 2.05) is 30.3 Å². The first-order chi connectivity index (χ1) is 10.8. The van der Waals surface area contributed by atoms with Crippen molar-refractivity contribution in [1.29, 1.82) is 0 Å². The highest BCUT2D eigenvalue weighted by Gasteiger charge is 2.67. The second-order valence-electron chi connectivity index (χ2n) is 6.14. The summed E-state index contributed by atoms with van der Waals surface area (Å²) in [6, 6.07) is 17.8. The number of hydrogen-bond acceptors (Lipinski definition) is 1. The van der Waals surface area contributed by atoms with E-state index in [2.05, 4.69) is 0 Å². The molecule has 0 saturated carbocycles. The lowest BCUT2D eigenvalue weighted by Crippen LogP contribution is -2.53. The largest absolute Gasteiger partial charge is 0.424 e. The molecule has 0 amide bonds. The topological polar surface area (TPSA) is 9.23 Å². The van der Waals surface area contributed by atoms with Crippen molar-refractivity contribution in [3.05, 3.63) is 72.3 Å². The number of benzene rings is 2. The Bertz CT molecular complexity index is 723. The Kier molecular flexibility index (Phi) is 3.73. The van der Waals surface area contributed by atoms with Gasteiger partial charge in [-0.15, -0.1) is 0 Å². The lowest BCUT2D eigenvalue weighted by molar-refractivity contribution is -0.198. The first-order valence-electron chi connectivity index (χ1n) is 7.37. The molecule has 5 heteroatoms. The second kappa shape index (κ2) is 5.35. The maximum Gasteiger partial charge on any atom is 0.424 e. The van der Waals surface area contributed by atoms with Crippen molar-refractivity contribution in [2.45, 2.75) is 24.9 Å². The Morgan fingerprint density at radius 1 is 0.870 bits per heavy atom. The minimum atomic E-state index is -4.46. The lowest BCUT2D eigenvalue weighted by atomic mass is 10.1. The van der Waals surface area contributed by atoms with Crippen LogP contribution in [0.25, 0.3) is 5.57 Å². The molecule has 1 aliphatic carbocycles. The Hall–Kier alpha value is -1.85. The Labute approximate surface area is 134 Å². The van der Waals surface area contributed by atoms with Crippen LogP contribution in [-0.4, -0.2) is 20.1 Å². The summed E-state index contributed by atoms with van der Waals surface area (Å²) in [5, 5.41) is 0.844. The van der Waals surface area contributed by atoms with Gasteiger partial charge in [-0.05, 0) is 29.9 Å². The predicted molar refractivity (Wildman–Crippen MR) is 87.8 cm³/mol. The number of hydrogen-bond donors (Lipinski definition) is 0. The van der Waals surface area contributed by atoms with Crippen LogP contribution in [0.5, 0.6) is 0 Å². The van der Waals surface area contributed by atoms with E-state index in [4.69, 9.17) is 4.43 Å². The summed E-state index contributed by atoms with van der Waals surface area (Å²) in [6.07, 6.45) is -3.27. The Balaban J connectivity index is 1.92. The van der Waals surface area contributed by atoms with Gasteiger partial charge in [0.05, 0.1) is 0 Å². The minimum Gasteiger partial charge on any atom is -0.393 e. The van der Waals surface area contributed by atoms with Crippen LogP contribution in [0, 0.1) is 0 Å². The molecule has 1 unspecified atom stereocenters. The van der Waals surface area contributed by atoms with Gasteiger partial charge in [0.25, 0.3) is 0 Å². The molecule has 2 aromatic rings. The van der Waals surface area contributed by atoms with Crippen molar-refractivity contribution >= 4 is 19.1 Å². The van der Waals surface area contributed by atoms with Crippen molar-refractivity contribution in [2.75, 3.05) is 0 Å². The average Bonchev–Trinajstić information content (AvgIpc) is 3.24. The maximum atomic E-state index is 13.7. The van der Waals surface area contributed by atoms with Crippen molar-refractivity contribution in [2.24, 2.45) is 0 Å².